The third-order valence-electron chi connectivity index (χ3n) is 15.2. The number of nitrogens with zero attached hydrogens (tertiary/aromatic N) is 1. The number of carbonyl (C=O) groups is 5. The van der Waals surface area contributed by atoms with E-state index in [-0.39, 0.29) is 48.9 Å². The van der Waals surface area contributed by atoms with E-state index in [2.05, 4.69) is 0 Å². The van der Waals surface area contributed by atoms with Crippen LogP contribution in [0.3, 0.4) is 0 Å². The molecule has 4 rings (SSSR count). The van der Waals surface area contributed by atoms with Crippen LogP contribution >= 0.6 is 7.60 Å². The first-order valence-corrected chi connectivity index (χ1v) is 28.3. The molecule has 0 aromatic rings. The summed E-state index contributed by atoms with van der Waals surface area (Å²) < 4.78 is 54.6. The zero-order valence-corrected chi connectivity index (χ0v) is 46.3. The zero-order chi connectivity index (χ0) is 53.7. The van der Waals surface area contributed by atoms with Crippen LogP contribution in [0, 0.1) is 35.5 Å². The normalized spacial score (nSPS) is 38.6. The topological polar surface area (TPSA) is 211 Å². The predicted molar refractivity (Wildman–Crippen MR) is 274 cm³/mol. The number of carbonyl (C=O) groups excluding carboxylic acids is 5. The molecule has 16 atom stereocenters. The Labute approximate surface area is 429 Å². The lowest BCUT2D eigenvalue weighted by Crippen LogP contribution is -2.61. The Hall–Kier alpha value is -3.18. The van der Waals surface area contributed by atoms with Gasteiger partial charge in [-0.15, -0.1) is 0 Å². The number of amides is 1. The number of aliphatic hydroxyl groups excluding tert-OH is 1. The zero-order valence-electron chi connectivity index (χ0n) is 45.4. The van der Waals surface area contributed by atoms with Gasteiger partial charge in [-0.2, -0.15) is 0 Å². The summed E-state index contributed by atoms with van der Waals surface area (Å²) in [6.45, 7) is 17.7. The van der Waals surface area contributed by atoms with Crippen LogP contribution in [0.15, 0.2) is 47.6 Å². The fourth-order valence-electron chi connectivity index (χ4n) is 10.9. The van der Waals surface area contributed by atoms with Crippen molar-refractivity contribution in [1.29, 1.82) is 0 Å². The molecule has 16 nitrogen and oxygen atoms in total. The van der Waals surface area contributed by atoms with Crippen molar-refractivity contribution in [3.63, 3.8) is 0 Å². The summed E-state index contributed by atoms with van der Waals surface area (Å²) in [4.78, 5) is 72.5. The van der Waals surface area contributed by atoms with Crippen LogP contribution in [0.1, 0.15) is 139 Å². The van der Waals surface area contributed by atoms with Gasteiger partial charge in [0.15, 0.2) is 5.78 Å². The number of hydrogen-bond acceptors (Lipinski definition) is 15. The van der Waals surface area contributed by atoms with E-state index in [1.165, 1.54) is 18.7 Å². The summed E-state index contributed by atoms with van der Waals surface area (Å²) >= 11 is 0. The van der Waals surface area contributed by atoms with Gasteiger partial charge in [0.05, 0.1) is 30.5 Å². The number of piperidine rings is 1. The summed E-state index contributed by atoms with van der Waals surface area (Å²) in [6.07, 6.45) is 10.5. The number of ether oxygens (including phenoxy) is 5. The van der Waals surface area contributed by atoms with Gasteiger partial charge in [-0.3, -0.25) is 23.7 Å². The lowest BCUT2D eigenvalue weighted by Gasteiger charge is -2.42. The molecule has 1 aliphatic carbocycles. The first kappa shape index (κ1) is 61.4. The Morgan fingerprint density at radius 1 is 0.847 bits per heavy atom. The van der Waals surface area contributed by atoms with Gasteiger partial charge in [-0.1, -0.05) is 71.1 Å². The average Bonchev–Trinajstić information content (AvgIpc) is 3.32. The maximum Gasteiger partial charge on any atom is 0.329 e. The van der Waals surface area contributed by atoms with Gasteiger partial charge in [-0.25, -0.2) is 4.79 Å². The summed E-state index contributed by atoms with van der Waals surface area (Å²) in [7, 11) is 1.15. The highest BCUT2D eigenvalue weighted by molar-refractivity contribution is 7.53. The number of fused-ring (bicyclic) bond motifs is 3. The number of ketones is 3. The Morgan fingerprint density at radius 2 is 1.56 bits per heavy atom. The number of aliphatic hydroxyl groups is 2. The second-order valence-corrected chi connectivity index (χ2v) is 23.6. The molecule has 0 spiro atoms. The minimum Gasteiger partial charge on any atom is -0.460 e. The van der Waals surface area contributed by atoms with Gasteiger partial charge >= 0.3 is 13.6 Å². The molecule has 2 bridgehead atoms. The molecule has 0 aromatic heterocycles. The number of cyclic esters (lactones) is 1. The number of Topliss-reactive ketones (excluding diaryl/α,β-unsaturated/α-hetero) is 3. The van der Waals surface area contributed by atoms with Gasteiger partial charge in [0.25, 0.3) is 11.7 Å². The third-order valence-corrected chi connectivity index (χ3v) is 16.6. The van der Waals surface area contributed by atoms with Crippen LogP contribution in [0.5, 0.6) is 0 Å². The summed E-state index contributed by atoms with van der Waals surface area (Å²) in [5, 5.41) is 23.5. The van der Waals surface area contributed by atoms with Crippen molar-refractivity contribution in [2.75, 3.05) is 34.5 Å². The first-order valence-electron chi connectivity index (χ1n) is 26.3. The van der Waals surface area contributed by atoms with Crippen molar-refractivity contribution in [1.82, 2.24) is 4.90 Å². The number of allylic oxidation sites excluding steroid dienone is 6. The van der Waals surface area contributed by atoms with Crippen LogP contribution in [0.2, 0.25) is 0 Å². The molecule has 3 fully saturated rings. The maximum absolute atomic E-state index is 14.5. The van der Waals surface area contributed by atoms with E-state index in [1.54, 1.807) is 54.9 Å². The Bertz CT molecular complexity index is 2020. The van der Waals surface area contributed by atoms with Gasteiger partial charge < -0.3 is 47.8 Å². The Kier molecular flexibility index (Phi) is 23.9. The second-order valence-electron chi connectivity index (χ2n) is 21.6. The second kappa shape index (κ2) is 28.1. The lowest BCUT2D eigenvalue weighted by atomic mass is 9.78. The largest absolute Gasteiger partial charge is 0.460 e. The van der Waals surface area contributed by atoms with E-state index in [4.69, 9.17) is 32.7 Å². The molecule has 3 heterocycles. The summed E-state index contributed by atoms with van der Waals surface area (Å²) in [6, 6.07) is -1.17. The van der Waals surface area contributed by atoms with E-state index in [0.29, 0.717) is 69.8 Å². The van der Waals surface area contributed by atoms with E-state index in [9.17, 15) is 38.8 Å². The highest BCUT2D eigenvalue weighted by atomic mass is 31.2. The van der Waals surface area contributed by atoms with E-state index >= 15 is 0 Å². The molecule has 0 aromatic carbocycles. The van der Waals surface area contributed by atoms with E-state index in [0.717, 1.165) is 5.57 Å². The maximum atomic E-state index is 14.5. The van der Waals surface area contributed by atoms with Crippen LogP contribution in [0.25, 0.3) is 0 Å². The molecule has 1 amide bonds. The van der Waals surface area contributed by atoms with Crippen LogP contribution in [-0.4, -0.2) is 140 Å². The standard InChI is InChI=1S/C55H88NO15P/c1-33(2)70-72(13,64)71-45-25-23-41(30-48(45)66-11)29-37(6)47-32-44(57)36(5)28-39(8)50(59)51(67-12)49(58)38(7)27-34(3)19-15-14-16-20-35(4)46(65-10)31-42-24-22-40(9)55(63,69-42)52(60)53(61)56-26-18-17-21-43(56)54(62)68-47/h14-16,19-20,28,33-34,36-38,40-43,45-48,50-51,59,63H,17-18,21-27,29-32H2,1-13H3/b16-14+,19-15+,35-20+,39-28+/t34-,36-,37-,38-,40-,41+,42?,43?,45-,46+,47+,48-,50-,51+,55-,72?/m1/s1. The van der Waals surface area contributed by atoms with Gasteiger partial charge in [0.1, 0.15) is 30.1 Å². The fourth-order valence-corrected chi connectivity index (χ4v) is 12.4. The van der Waals surface area contributed by atoms with Gasteiger partial charge in [0, 0.05) is 65.1 Å². The van der Waals surface area contributed by atoms with Crippen LogP contribution in [-0.2, 0) is 61.3 Å². The van der Waals surface area contributed by atoms with E-state index < -0.39 is 103 Å². The molecule has 17 heteroatoms. The van der Waals surface area contributed by atoms with E-state index in [1.807, 2.05) is 58.1 Å². The molecule has 408 valence electrons. The lowest BCUT2D eigenvalue weighted by molar-refractivity contribution is -0.265. The summed E-state index contributed by atoms with van der Waals surface area (Å²) in [5.74, 6) is -8.28. The van der Waals surface area contributed by atoms with Crippen molar-refractivity contribution in [2.24, 2.45) is 35.5 Å². The molecule has 3 aliphatic heterocycles. The number of hydrogen-bond donors (Lipinski definition) is 2. The predicted octanol–water partition coefficient (Wildman–Crippen LogP) is 8.45. The molecule has 4 aliphatic rings. The number of esters is 1. The molecule has 2 saturated heterocycles. The minimum atomic E-state index is -3.37. The Morgan fingerprint density at radius 3 is 2.21 bits per heavy atom. The molecular formula is C55H88NO15P. The molecule has 72 heavy (non-hydrogen) atoms. The Balaban J connectivity index is 1.70. The van der Waals surface area contributed by atoms with Crippen molar-refractivity contribution < 1.29 is 71.5 Å². The molecular weight excluding hydrogens is 946 g/mol. The number of rotatable bonds is 10. The SMILES string of the molecule is CO[C@H]1CC2CC[C@@H](C)[C@@](O)(O2)C(=O)C(=O)N2CCCCC2C(=O)O[C@H]([C@H](C)C[C@@H]2CC[C@@H](OP(C)(=O)OC(C)C)[C@H](OC)C2)CC(=O)[C@H](C)/C=C(\C)[C@@H](O)[C@@H](OC)C(=O)[C@H](C)C[C@H](C)/C=C/C=C/C=C/1C. The van der Waals surface area contributed by atoms with Crippen molar-refractivity contribution >= 4 is 36.8 Å². The summed E-state index contributed by atoms with van der Waals surface area (Å²) in [5.41, 5.74) is 1.24. The average molecular weight is 1030 g/mol. The van der Waals surface area contributed by atoms with Crippen molar-refractivity contribution in [2.45, 2.75) is 200 Å². The van der Waals surface area contributed by atoms with Gasteiger partial charge in [0.2, 0.25) is 5.79 Å². The molecule has 0 radical (unpaired) electrons. The third kappa shape index (κ3) is 16.9. The molecule has 3 unspecified atom stereocenters. The highest BCUT2D eigenvalue weighted by Gasteiger charge is 2.53. The first-order chi connectivity index (χ1) is 33.9. The fraction of sp³-hybridized carbons (Fsp3) is 0.764. The quantitative estimate of drug-likeness (QED) is 0.0910. The van der Waals surface area contributed by atoms with Crippen LogP contribution in [0.4, 0.5) is 0 Å². The smallest absolute Gasteiger partial charge is 0.329 e. The highest BCUT2D eigenvalue weighted by Crippen LogP contribution is 2.49. The monoisotopic (exact) mass is 1030 g/mol. The molecule has 2 N–H and O–H groups in total. The van der Waals surface area contributed by atoms with Gasteiger partial charge in [-0.05, 0) is 121 Å². The minimum absolute atomic E-state index is 0.00576. The van der Waals surface area contributed by atoms with Crippen LogP contribution < -0.4 is 0 Å². The molecule has 1 saturated carbocycles. The van der Waals surface area contributed by atoms with Crippen molar-refractivity contribution in [3.05, 3.63) is 47.6 Å². The van der Waals surface area contributed by atoms with Crippen molar-refractivity contribution in [3.8, 4) is 0 Å². The number of methoxy groups -OCH3 is 3.